The van der Waals surface area contributed by atoms with Crippen LogP contribution in [0.2, 0.25) is 0 Å². The predicted molar refractivity (Wildman–Crippen MR) is 129 cm³/mol. The minimum Gasteiger partial charge on any atom is -0.494 e. The lowest BCUT2D eigenvalue weighted by molar-refractivity contribution is 0.106. The summed E-state index contributed by atoms with van der Waals surface area (Å²) in [7, 11) is 1.20. The van der Waals surface area contributed by atoms with Crippen molar-refractivity contribution >= 4 is 10.0 Å². The van der Waals surface area contributed by atoms with Gasteiger partial charge in [-0.15, -0.1) is 0 Å². The Bertz CT molecular complexity index is 1290. The first kappa shape index (κ1) is 25.3. The second-order valence-electron chi connectivity index (χ2n) is 8.87. The van der Waals surface area contributed by atoms with Crippen LogP contribution in [0.4, 0.5) is 8.78 Å². The maximum Gasteiger partial charge on any atom is 0.259 e. The maximum absolute atomic E-state index is 14.1. The van der Waals surface area contributed by atoms with E-state index in [2.05, 4.69) is 14.6 Å². The highest BCUT2D eigenvalue weighted by molar-refractivity contribution is 7.89. The van der Waals surface area contributed by atoms with E-state index in [1.807, 2.05) is 12.1 Å². The van der Waals surface area contributed by atoms with Crippen molar-refractivity contribution in [2.24, 2.45) is 7.05 Å². The van der Waals surface area contributed by atoms with E-state index in [4.69, 9.17) is 4.74 Å². The van der Waals surface area contributed by atoms with Crippen molar-refractivity contribution < 1.29 is 21.9 Å². The van der Waals surface area contributed by atoms with Crippen molar-refractivity contribution in [3.05, 3.63) is 77.2 Å². The van der Waals surface area contributed by atoms with E-state index < -0.39 is 10.0 Å². The summed E-state index contributed by atoms with van der Waals surface area (Å²) in [6.45, 7) is 2.19. The first-order chi connectivity index (χ1) is 16.7. The Kier molecular flexibility index (Phi) is 7.53. The van der Waals surface area contributed by atoms with Crippen LogP contribution in [0.25, 0.3) is 0 Å². The van der Waals surface area contributed by atoms with Crippen molar-refractivity contribution in [3.8, 4) is 5.75 Å². The highest BCUT2D eigenvalue weighted by atomic mass is 32.2. The molecule has 0 bridgehead atoms. The summed E-state index contributed by atoms with van der Waals surface area (Å²) < 4.78 is 58.6. The van der Waals surface area contributed by atoms with Crippen molar-refractivity contribution in [2.45, 2.75) is 36.2 Å². The van der Waals surface area contributed by atoms with Crippen LogP contribution in [0.5, 0.6) is 5.75 Å². The Balaban J connectivity index is 0.000000221. The fraction of sp³-hybridized carbons (Fsp3) is 0.400. The summed E-state index contributed by atoms with van der Waals surface area (Å²) in [5.74, 6) is 0.0341. The quantitative estimate of drug-likeness (QED) is 0.558. The van der Waals surface area contributed by atoms with Gasteiger partial charge in [-0.3, -0.25) is 4.90 Å². The lowest BCUT2D eigenvalue weighted by atomic mass is 9.89. The second-order valence-corrected chi connectivity index (χ2v) is 10.7. The molecule has 0 spiro atoms. The van der Waals surface area contributed by atoms with Gasteiger partial charge in [0.25, 0.3) is 10.0 Å². The number of hydrogen-bond acceptors (Lipinski definition) is 5. The third-order valence-electron chi connectivity index (χ3n) is 6.64. The zero-order valence-electron chi connectivity index (χ0n) is 20.0. The van der Waals surface area contributed by atoms with Gasteiger partial charge in [-0.25, -0.2) is 26.9 Å². The average molecular weight is 505 g/mol. The number of nitrogens with one attached hydrogen (secondary N) is 1. The number of nitrogens with zero attached hydrogens (tertiary/aromatic N) is 3. The number of ether oxygens (including phenoxy) is 1. The van der Waals surface area contributed by atoms with Crippen molar-refractivity contribution in [1.29, 1.82) is 0 Å². The molecule has 1 aliphatic heterocycles. The highest BCUT2D eigenvalue weighted by Crippen LogP contribution is 2.42. The summed E-state index contributed by atoms with van der Waals surface area (Å²) in [5, 5.41) is 0.0440. The minimum atomic E-state index is -3.36. The van der Waals surface area contributed by atoms with E-state index in [0.29, 0.717) is 11.8 Å². The molecule has 3 aromatic rings. The van der Waals surface area contributed by atoms with Crippen molar-refractivity contribution in [3.63, 3.8) is 0 Å². The summed E-state index contributed by atoms with van der Waals surface area (Å²) in [6.07, 6.45) is 5.71. The standard InChI is InChI=1S/C20H21F2NO.C5H9N3O2S/c1-24-20-12-16-14(10-18(20)22)11-19(23-6-3-7-23)17(16)9-13-4-2-5-15(21)8-13;1-6-11(9,10)5-3-8(2)4-7-5/h2,4-5,8,10,12,17,19H,3,6-7,9,11H2,1H3;3-4,6H,1-2H3. The molecule has 0 saturated carbocycles. The lowest BCUT2D eigenvalue weighted by Gasteiger charge is -2.39. The number of hydrogen-bond donors (Lipinski definition) is 1. The molecule has 2 aliphatic rings. The van der Waals surface area contributed by atoms with Crippen LogP contribution < -0.4 is 9.46 Å². The number of methoxy groups -OCH3 is 1. The van der Waals surface area contributed by atoms with Gasteiger partial charge in [0.05, 0.1) is 13.4 Å². The number of aryl methyl sites for hydroxylation is 1. The molecule has 5 rings (SSSR count). The monoisotopic (exact) mass is 504 g/mol. The Morgan fingerprint density at radius 1 is 1.20 bits per heavy atom. The lowest BCUT2D eigenvalue weighted by Crippen LogP contribution is -2.47. The molecule has 1 N–H and O–H groups in total. The molecule has 2 heterocycles. The van der Waals surface area contributed by atoms with E-state index in [1.54, 1.807) is 29.8 Å². The molecule has 1 aromatic heterocycles. The van der Waals surface area contributed by atoms with Crippen molar-refractivity contribution in [2.75, 3.05) is 27.2 Å². The highest BCUT2D eigenvalue weighted by Gasteiger charge is 2.39. The number of imidazole rings is 1. The molecule has 188 valence electrons. The van der Waals surface area contributed by atoms with Crippen LogP contribution in [0, 0.1) is 11.6 Å². The number of rotatable bonds is 6. The SMILES string of the molecule is CNS(=O)(=O)c1cn(C)cn1.COc1cc2c(cc1F)CC(N1CCC1)C2Cc1cccc(F)c1. The maximum atomic E-state index is 14.1. The zero-order chi connectivity index (χ0) is 25.2. The van der Waals surface area contributed by atoms with E-state index in [-0.39, 0.29) is 22.6 Å². The van der Waals surface area contributed by atoms with Gasteiger partial charge in [0.2, 0.25) is 0 Å². The molecular formula is C25H30F2N4O3S. The molecular weight excluding hydrogens is 474 g/mol. The van der Waals surface area contributed by atoms with Crippen molar-refractivity contribution in [1.82, 2.24) is 19.2 Å². The van der Waals surface area contributed by atoms with Gasteiger partial charge in [-0.05, 0) is 80.4 Å². The number of benzene rings is 2. The third kappa shape index (κ3) is 5.55. The van der Waals surface area contributed by atoms with Crippen LogP contribution in [-0.4, -0.2) is 56.2 Å². The van der Waals surface area contributed by atoms with Crippen LogP contribution in [-0.2, 0) is 29.9 Å². The number of sulfonamides is 1. The smallest absolute Gasteiger partial charge is 0.259 e. The van der Waals surface area contributed by atoms with Crippen LogP contribution in [0.1, 0.15) is 29.0 Å². The molecule has 7 nitrogen and oxygen atoms in total. The topological polar surface area (TPSA) is 76.5 Å². The molecule has 2 aromatic carbocycles. The van der Waals surface area contributed by atoms with Crippen LogP contribution >= 0.6 is 0 Å². The fourth-order valence-corrected chi connectivity index (χ4v) is 5.42. The number of likely N-dealkylation sites (tertiary alicyclic amines) is 1. The van der Waals surface area contributed by atoms with Gasteiger partial charge in [0, 0.05) is 25.2 Å². The van der Waals surface area contributed by atoms with Gasteiger partial charge in [-0.2, -0.15) is 0 Å². The fourth-order valence-electron chi connectivity index (χ4n) is 4.72. The first-order valence-electron chi connectivity index (χ1n) is 11.5. The summed E-state index contributed by atoms with van der Waals surface area (Å²) in [6, 6.07) is 10.6. The normalized spacial score (nSPS) is 19.5. The number of halogens is 2. The zero-order valence-corrected chi connectivity index (χ0v) is 20.9. The van der Waals surface area contributed by atoms with Gasteiger partial charge in [0.1, 0.15) is 5.82 Å². The molecule has 1 saturated heterocycles. The van der Waals surface area contributed by atoms with Gasteiger partial charge >= 0.3 is 0 Å². The minimum absolute atomic E-state index is 0.0440. The van der Waals surface area contributed by atoms with Gasteiger partial charge < -0.3 is 9.30 Å². The molecule has 1 aliphatic carbocycles. The van der Waals surface area contributed by atoms with Gasteiger partial charge in [-0.1, -0.05) is 12.1 Å². The molecule has 2 atom stereocenters. The number of fused-ring (bicyclic) bond motifs is 1. The Hall–Kier alpha value is -2.82. The first-order valence-corrected chi connectivity index (χ1v) is 13.0. The summed E-state index contributed by atoms with van der Waals surface area (Å²) >= 11 is 0. The van der Waals surface area contributed by atoms with E-state index in [9.17, 15) is 17.2 Å². The van der Waals surface area contributed by atoms with Crippen LogP contribution in [0.3, 0.4) is 0 Å². The molecule has 2 unspecified atom stereocenters. The molecule has 10 heteroatoms. The Morgan fingerprint density at radius 3 is 2.54 bits per heavy atom. The summed E-state index contributed by atoms with van der Waals surface area (Å²) in [5.41, 5.74) is 3.20. The molecule has 35 heavy (non-hydrogen) atoms. The Morgan fingerprint density at radius 2 is 1.97 bits per heavy atom. The third-order valence-corrected chi connectivity index (χ3v) is 7.94. The van der Waals surface area contributed by atoms with E-state index in [1.165, 1.54) is 39.2 Å². The Labute approximate surface area is 204 Å². The second kappa shape index (κ2) is 10.4. The molecule has 0 radical (unpaired) electrons. The van der Waals surface area contributed by atoms with E-state index >= 15 is 0 Å². The van der Waals surface area contributed by atoms with E-state index in [0.717, 1.165) is 42.6 Å². The molecule has 0 amide bonds. The largest absolute Gasteiger partial charge is 0.494 e. The average Bonchev–Trinajstić information content (AvgIpc) is 3.37. The van der Waals surface area contributed by atoms with Crippen LogP contribution in [0.15, 0.2) is 53.9 Å². The van der Waals surface area contributed by atoms with Gasteiger partial charge in [0.15, 0.2) is 16.6 Å². The number of aromatic nitrogens is 2. The summed E-state index contributed by atoms with van der Waals surface area (Å²) in [4.78, 5) is 6.14. The molecule has 1 fully saturated rings. The predicted octanol–water partition coefficient (Wildman–Crippen LogP) is 3.26.